The number of benzene rings is 2. The maximum absolute atomic E-state index is 6.48. The lowest BCUT2D eigenvalue weighted by Gasteiger charge is -2.27. The molecule has 27 heavy (non-hydrogen) atoms. The second kappa shape index (κ2) is 8.43. The van der Waals surface area contributed by atoms with E-state index in [4.69, 9.17) is 4.74 Å². The zero-order valence-electron chi connectivity index (χ0n) is 16.2. The summed E-state index contributed by atoms with van der Waals surface area (Å²) in [7, 11) is 0. The zero-order valence-corrected chi connectivity index (χ0v) is 16.2. The van der Waals surface area contributed by atoms with Crippen molar-refractivity contribution in [3.05, 3.63) is 95.3 Å². The minimum atomic E-state index is 0.384. The Bertz CT molecular complexity index is 850. The molecule has 0 saturated heterocycles. The van der Waals surface area contributed by atoms with Gasteiger partial charge in [0.25, 0.3) is 0 Å². The lowest BCUT2D eigenvalue weighted by molar-refractivity contribution is 0.0821. The molecule has 0 atom stereocenters. The van der Waals surface area contributed by atoms with Crippen molar-refractivity contribution in [1.29, 1.82) is 0 Å². The van der Waals surface area contributed by atoms with E-state index >= 15 is 0 Å². The molecule has 0 bridgehead atoms. The third-order valence-corrected chi connectivity index (χ3v) is 5.65. The van der Waals surface area contributed by atoms with Crippen LogP contribution in [0.4, 0.5) is 0 Å². The predicted molar refractivity (Wildman–Crippen MR) is 114 cm³/mol. The van der Waals surface area contributed by atoms with E-state index in [-0.39, 0.29) is 0 Å². The van der Waals surface area contributed by atoms with Gasteiger partial charge >= 0.3 is 0 Å². The summed E-state index contributed by atoms with van der Waals surface area (Å²) in [6, 6.07) is 21.5. The Morgan fingerprint density at radius 2 is 1.44 bits per heavy atom. The van der Waals surface area contributed by atoms with Gasteiger partial charge in [-0.3, -0.25) is 0 Å². The Morgan fingerprint density at radius 1 is 0.815 bits per heavy atom. The first-order valence-electron chi connectivity index (χ1n) is 10.2. The van der Waals surface area contributed by atoms with Gasteiger partial charge in [0.1, 0.15) is 0 Å². The molecular weight excluding hydrogens is 328 g/mol. The summed E-state index contributed by atoms with van der Waals surface area (Å²) in [5.41, 5.74) is 6.46. The molecule has 0 heterocycles. The van der Waals surface area contributed by atoms with Crippen molar-refractivity contribution < 1.29 is 4.74 Å². The van der Waals surface area contributed by atoms with Crippen molar-refractivity contribution in [1.82, 2.24) is 0 Å². The predicted octanol–water partition coefficient (Wildman–Crippen LogP) is 7.18. The van der Waals surface area contributed by atoms with Crippen LogP contribution in [0.3, 0.4) is 0 Å². The lowest BCUT2D eigenvalue weighted by atomic mass is 9.84. The zero-order chi connectivity index (χ0) is 18.5. The maximum Gasteiger partial charge on any atom is 0.0982 e. The van der Waals surface area contributed by atoms with Crippen LogP contribution in [-0.4, -0.2) is 6.10 Å². The van der Waals surface area contributed by atoms with Crippen molar-refractivity contribution >= 4 is 11.1 Å². The van der Waals surface area contributed by atoms with E-state index in [2.05, 4.69) is 79.7 Å². The Labute approximate surface area is 163 Å². The molecule has 0 spiro atoms. The van der Waals surface area contributed by atoms with Crippen LogP contribution in [0.2, 0.25) is 0 Å². The topological polar surface area (TPSA) is 9.23 Å². The van der Waals surface area contributed by atoms with Crippen LogP contribution < -0.4 is 0 Å². The number of allylic oxidation sites excluding steroid dienone is 6. The maximum atomic E-state index is 6.48. The summed E-state index contributed by atoms with van der Waals surface area (Å²) >= 11 is 0. The largest absolute Gasteiger partial charge is 0.495 e. The summed E-state index contributed by atoms with van der Waals surface area (Å²) in [4.78, 5) is 0. The molecule has 0 radical (unpaired) electrons. The van der Waals surface area contributed by atoms with Gasteiger partial charge in [0.2, 0.25) is 0 Å². The molecule has 0 amide bonds. The fraction of sp³-hybridized carbons (Fsp3) is 0.308. The van der Waals surface area contributed by atoms with Crippen molar-refractivity contribution in [3.63, 3.8) is 0 Å². The molecule has 2 aromatic rings. The first-order valence-corrected chi connectivity index (χ1v) is 10.2. The molecule has 0 aliphatic heterocycles. The Kier molecular flexibility index (Phi) is 5.58. The molecular formula is C26H28O. The minimum Gasteiger partial charge on any atom is -0.495 e. The van der Waals surface area contributed by atoms with Gasteiger partial charge in [-0.1, -0.05) is 79.2 Å². The fourth-order valence-electron chi connectivity index (χ4n) is 4.26. The third kappa shape index (κ3) is 4.08. The molecule has 0 unspecified atom stereocenters. The van der Waals surface area contributed by atoms with Crippen molar-refractivity contribution in [2.24, 2.45) is 0 Å². The first kappa shape index (κ1) is 17.9. The molecule has 0 aromatic heterocycles. The number of ether oxygens (including phenoxy) is 1. The highest BCUT2D eigenvalue weighted by Gasteiger charge is 2.22. The Hall–Kier alpha value is -2.54. The first-order chi connectivity index (χ1) is 13.3. The van der Waals surface area contributed by atoms with Gasteiger partial charge in [0.15, 0.2) is 0 Å². The van der Waals surface area contributed by atoms with Crippen molar-refractivity contribution in [3.8, 4) is 0 Å². The van der Waals surface area contributed by atoms with Crippen LogP contribution in [0.25, 0.3) is 11.1 Å². The van der Waals surface area contributed by atoms with Crippen LogP contribution in [0, 0.1) is 0 Å². The molecule has 4 rings (SSSR count). The number of hydrogen-bond donors (Lipinski definition) is 0. The molecule has 1 saturated carbocycles. The van der Waals surface area contributed by atoms with Crippen LogP contribution in [0.15, 0.2) is 84.1 Å². The van der Waals surface area contributed by atoms with Crippen LogP contribution in [0.5, 0.6) is 0 Å². The Morgan fingerprint density at radius 3 is 2.11 bits per heavy atom. The molecule has 2 aromatic carbocycles. The molecule has 2 aliphatic rings. The highest BCUT2D eigenvalue weighted by atomic mass is 16.5. The van der Waals surface area contributed by atoms with E-state index in [9.17, 15) is 0 Å². The smallest absolute Gasteiger partial charge is 0.0982 e. The second-order valence-corrected chi connectivity index (χ2v) is 7.54. The molecule has 138 valence electrons. The summed E-state index contributed by atoms with van der Waals surface area (Å²) in [5, 5.41) is 0. The van der Waals surface area contributed by atoms with E-state index in [0.29, 0.717) is 6.10 Å². The lowest BCUT2D eigenvalue weighted by Crippen LogP contribution is -2.16. The van der Waals surface area contributed by atoms with E-state index in [1.54, 1.807) is 0 Å². The Balaban J connectivity index is 1.79. The normalized spacial score (nSPS) is 19.9. The van der Waals surface area contributed by atoms with Crippen LogP contribution in [-0.2, 0) is 4.74 Å². The van der Waals surface area contributed by atoms with Gasteiger partial charge in [-0.05, 0) is 61.3 Å². The minimum absolute atomic E-state index is 0.384. The summed E-state index contributed by atoms with van der Waals surface area (Å²) in [5.74, 6) is 1.10. The van der Waals surface area contributed by atoms with E-state index in [1.807, 2.05) is 0 Å². The van der Waals surface area contributed by atoms with E-state index in [0.717, 1.165) is 12.2 Å². The van der Waals surface area contributed by atoms with Gasteiger partial charge in [-0.25, -0.2) is 0 Å². The van der Waals surface area contributed by atoms with Crippen LogP contribution >= 0.6 is 0 Å². The molecule has 1 nitrogen and oxygen atoms in total. The van der Waals surface area contributed by atoms with Crippen molar-refractivity contribution in [2.75, 3.05) is 0 Å². The van der Waals surface area contributed by atoms with Gasteiger partial charge < -0.3 is 4.74 Å². The fourth-order valence-corrected chi connectivity index (χ4v) is 4.26. The monoisotopic (exact) mass is 356 g/mol. The highest BCUT2D eigenvalue weighted by molar-refractivity contribution is 6.03. The average molecular weight is 357 g/mol. The van der Waals surface area contributed by atoms with Crippen molar-refractivity contribution in [2.45, 2.75) is 51.6 Å². The highest BCUT2D eigenvalue weighted by Crippen LogP contribution is 2.40. The molecule has 1 heteroatoms. The van der Waals surface area contributed by atoms with Gasteiger partial charge in [0.05, 0.1) is 11.9 Å². The average Bonchev–Trinajstić information content (AvgIpc) is 2.75. The number of hydrogen-bond acceptors (Lipinski definition) is 1. The van der Waals surface area contributed by atoms with E-state index in [1.165, 1.54) is 60.0 Å². The second-order valence-electron chi connectivity index (χ2n) is 7.54. The summed E-state index contributed by atoms with van der Waals surface area (Å²) in [6.07, 6.45) is 12.2. The molecule has 1 fully saturated rings. The van der Waals surface area contributed by atoms with Gasteiger partial charge in [0, 0.05) is 5.57 Å². The third-order valence-electron chi connectivity index (χ3n) is 5.65. The van der Waals surface area contributed by atoms with Gasteiger partial charge in [-0.2, -0.15) is 0 Å². The van der Waals surface area contributed by atoms with E-state index < -0.39 is 0 Å². The standard InChI is InChI=1S/C26H28O/c1-20(27-23-16-9-4-10-17-23)24-18-11-19-25(21-12-5-2-6-13-21)26(24)22-14-7-3-8-15-22/h2-3,5-8,11-15,19,23H,4,9-10,16-18H2,1H3. The van der Waals surface area contributed by atoms with Gasteiger partial charge in [-0.15, -0.1) is 0 Å². The quantitative estimate of drug-likeness (QED) is 0.527. The van der Waals surface area contributed by atoms with Crippen LogP contribution in [0.1, 0.15) is 56.6 Å². The summed E-state index contributed by atoms with van der Waals surface area (Å²) < 4.78 is 6.48. The SMILES string of the molecule is CC(OC1CCCCC1)=C1CC=CC(c2ccccc2)=C1c1ccccc1. The molecule has 2 aliphatic carbocycles. The molecule has 0 N–H and O–H groups in total. The summed E-state index contributed by atoms with van der Waals surface area (Å²) in [6.45, 7) is 2.16. The number of rotatable bonds is 4.